The molecule has 1 N–H and O–H groups in total. The normalized spacial score (nSPS) is 19.9. The van der Waals surface area contributed by atoms with E-state index in [4.69, 9.17) is 4.74 Å². The fraction of sp³-hybridized carbons (Fsp3) is 0.462. The van der Waals surface area contributed by atoms with Crippen LogP contribution < -0.4 is 5.32 Å². The molecule has 0 amide bonds. The number of aromatic nitrogens is 1. The summed E-state index contributed by atoms with van der Waals surface area (Å²) in [6.07, 6.45) is 2.75. The Bertz CT molecular complexity index is 517. The van der Waals surface area contributed by atoms with E-state index >= 15 is 0 Å². The van der Waals surface area contributed by atoms with Gasteiger partial charge in [-0.15, -0.1) is 11.3 Å². The van der Waals surface area contributed by atoms with Crippen molar-refractivity contribution in [2.45, 2.75) is 25.9 Å². The Labute approximate surface area is 105 Å². The summed E-state index contributed by atoms with van der Waals surface area (Å²) in [7, 11) is 0. The fourth-order valence-corrected chi connectivity index (χ4v) is 3.05. The number of nitrogens with zero attached hydrogens (tertiary/aromatic N) is 1. The summed E-state index contributed by atoms with van der Waals surface area (Å²) in [6, 6.07) is 6.35. The van der Waals surface area contributed by atoms with Crippen LogP contribution in [-0.2, 0) is 4.74 Å². The Morgan fingerprint density at radius 1 is 1.53 bits per heavy atom. The van der Waals surface area contributed by atoms with E-state index in [0.717, 1.165) is 29.4 Å². The van der Waals surface area contributed by atoms with Gasteiger partial charge < -0.3 is 10.1 Å². The third-order valence-electron chi connectivity index (χ3n) is 3.05. The Morgan fingerprint density at radius 2 is 2.47 bits per heavy atom. The van der Waals surface area contributed by atoms with Gasteiger partial charge in [0.2, 0.25) is 0 Å². The van der Waals surface area contributed by atoms with E-state index in [1.807, 2.05) is 6.92 Å². The molecule has 17 heavy (non-hydrogen) atoms. The third-order valence-corrected chi connectivity index (χ3v) is 3.99. The lowest BCUT2D eigenvalue weighted by atomic mass is 10.2. The number of thiazole rings is 1. The maximum absolute atomic E-state index is 5.59. The molecule has 0 aliphatic carbocycles. The van der Waals surface area contributed by atoms with Crippen LogP contribution in [0.3, 0.4) is 0 Å². The Morgan fingerprint density at radius 3 is 3.29 bits per heavy atom. The monoisotopic (exact) mass is 248 g/mol. The van der Waals surface area contributed by atoms with Crippen molar-refractivity contribution in [3.63, 3.8) is 0 Å². The summed E-state index contributed by atoms with van der Waals surface area (Å²) in [5.74, 6) is 0. The van der Waals surface area contributed by atoms with E-state index in [2.05, 4.69) is 28.5 Å². The van der Waals surface area contributed by atoms with Crippen LogP contribution in [0.5, 0.6) is 0 Å². The molecule has 1 atom stereocenters. The number of anilines is 1. The first kappa shape index (κ1) is 11.0. The highest BCUT2D eigenvalue weighted by Gasteiger charge is 2.14. The molecule has 90 valence electrons. The van der Waals surface area contributed by atoms with Gasteiger partial charge in [-0.3, -0.25) is 0 Å². The lowest BCUT2D eigenvalue weighted by Gasteiger charge is -2.11. The largest absolute Gasteiger partial charge is 0.382 e. The first-order chi connectivity index (χ1) is 8.31. The average Bonchev–Trinajstić information content (AvgIpc) is 2.92. The van der Waals surface area contributed by atoms with Crippen molar-refractivity contribution in [2.75, 3.05) is 18.5 Å². The van der Waals surface area contributed by atoms with Crippen molar-refractivity contribution < 1.29 is 4.74 Å². The first-order valence-corrected chi connectivity index (χ1v) is 6.85. The maximum atomic E-state index is 5.59. The SMILES string of the molecule is Cc1nc2ccc(NCC3CCCO3)cc2s1. The molecule has 1 aliphatic rings. The highest BCUT2D eigenvalue weighted by molar-refractivity contribution is 7.18. The number of hydrogen-bond acceptors (Lipinski definition) is 4. The molecule has 0 bridgehead atoms. The van der Waals surface area contributed by atoms with Gasteiger partial charge in [0.25, 0.3) is 0 Å². The van der Waals surface area contributed by atoms with Gasteiger partial charge in [0.05, 0.1) is 21.3 Å². The second-order valence-electron chi connectivity index (χ2n) is 4.43. The molecule has 2 aromatic rings. The summed E-state index contributed by atoms with van der Waals surface area (Å²) >= 11 is 1.74. The number of nitrogens with one attached hydrogen (secondary N) is 1. The molecule has 1 aromatic heterocycles. The molecule has 1 aliphatic heterocycles. The van der Waals surface area contributed by atoms with Crippen LogP contribution in [0, 0.1) is 6.92 Å². The van der Waals surface area contributed by atoms with Gasteiger partial charge in [-0.2, -0.15) is 0 Å². The van der Waals surface area contributed by atoms with E-state index in [-0.39, 0.29) is 0 Å². The lowest BCUT2D eigenvalue weighted by molar-refractivity contribution is 0.120. The molecule has 1 unspecified atom stereocenters. The van der Waals surface area contributed by atoms with Crippen molar-refractivity contribution in [1.29, 1.82) is 0 Å². The minimum Gasteiger partial charge on any atom is -0.382 e. The molecule has 0 radical (unpaired) electrons. The third kappa shape index (κ3) is 2.42. The predicted octanol–water partition coefficient (Wildman–Crippen LogP) is 3.20. The first-order valence-electron chi connectivity index (χ1n) is 6.04. The van der Waals surface area contributed by atoms with Crippen molar-refractivity contribution in [3.8, 4) is 0 Å². The minimum absolute atomic E-state index is 0.383. The zero-order chi connectivity index (χ0) is 11.7. The average molecular weight is 248 g/mol. The van der Waals surface area contributed by atoms with Crippen LogP contribution in [0.25, 0.3) is 10.2 Å². The molecule has 0 spiro atoms. The van der Waals surface area contributed by atoms with E-state index in [9.17, 15) is 0 Å². The van der Waals surface area contributed by atoms with Gasteiger partial charge in [0, 0.05) is 18.8 Å². The van der Waals surface area contributed by atoms with Gasteiger partial charge in [0.1, 0.15) is 0 Å². The van der Waals surface area contributed by atoms with Gasteiger partial charge in [0.15, 0.2) is 0 Å². The van der Waals surface area contributed by atoms with Gasteiger partial charge in [-0.1, -0.05) is 0 Å². The predicted molar refractivity (Wildman–Crippen MR) is 71.8 cm³/mol. The quantitative estimate of drug-likeness (QED) is 0.905. The summed E-state index contributed by atoms with van der Waals surface area (Å²) < 4.78 is 6.84. The van der Waals surface area contributed by atoms with Crippen molar-refractivity contribution in [1.82, 2.24) is 4.98 Å². The van der Waals surface area contributed by atoms with Crippen LogP contribution in [-0.4, -0.2) is 24.2 Å². The molecule has 3 rings (SSSR count). The molecule has 3 nitrogen and oxygen atoms in total. The van der Waals surface area contributed by atoms with Crippen molar-refractivity contribution in [2.24, 2.45) is 0 Å². The van der Waals surface area contributed by atoms with Crippen LogP contribution in [0.1, 0.15) is 17.8 Å². The van der Waals surface area contributed by atoms with E-state index in [1.165, 1.54) is 17.5 Å². The summed E-state index contributed by atoms with van der Waals surface area (Å²) in [5, 5.41) is 4.56. The number of rotatable bonds is 3. The summed E-state index contributed by atoms with van der Waals surface area (Å²) in [5.41, 5.74) is 2.26. The smallest absolute Gasteiger partial charge is 0.0907 e. The topological polar surface area (TPSA) is 34.2 Å². The number of hydrogen-bond donors (Lipinski definition) is 1. The van der Waals surface area contributed by atoms with E-state index in [0.29, 0.717) is 6.10 Å². The van der Waals surface area contributed by atoms with Crippen LogP contribution in [0.15, 0.2) is 18.2 Å². The number of benzene rings is 1. The number of ether oxygens (including phenoxy) is 1. The molecule has 1 aromatic carbocycles. The second kappa shape index (κ2) is 4.63. The van der Waals surface area contributed by atoms with Gasteiger partial charge in [-0.05, 0) is 38.0 Å². The molecule has 1 fully saturated rings. The molecule has 2 heterocycles. The highest BCUT2D eigenvalue weighted by atomic mass is 32.1. The molecular formula is C13H16N2OS. The standard InChI is InChI=1S/C13H16N2OS/c1-9-15-12-5-4-10(7-13(12)17-9)14-8-11-3-2-6-16-11/h4-5,7,11,14H,2-3,6,8H2,1H3. The Balaban J connectivity index is 1.71. The van der Waals surface area contributed by atoms with E-state index < -0.39 is 0 Å². The molecule has 4 heteroatoms. The zero-order valence-electron chi connectivity index (χ0n) is 9.90. The Kier molecular flexibility index (Phi) is 2.99. The minimum atomic E-state index is 0.383. The Hall–Kier alpha value is -1.13. The van der Waals surface area contributed by atoms with Crippen LogP contribution in [0.4, 0.5) is 5.69 Å². The summed E-state index contributed by atoms with van der Waals surface area (Å²) in [6.45, 7) is 3.87. The second-order valence-corrected chi connectivity index (χ2v) is 5.67. The summed E-state index contributed by atoms with van der Waals surface area (Å²) in [4.78, 5) is 4.46. The molecular weight excluding hydrogens is 232 g/mol. The highest BCUT2D eigenvalue weighted by Crippen LogP contribution is 2.25. The van der Waals surface area contributed by atoms with Gasteiger partial charge >= 0.3 is 0 Å². The maximum Gasteiger partial charge on any atom is 0.0907 e. The van der Waals surface area contributed by atoms with E-state index in [1.54, 1.807) is 11.3 Å². The number of fused-ring (bicyclic) bond motifs is 1. The zero-order valence-corrected chi connectivity index (χ0v) is 10.7. The van der Waals surface area contributed by atoms with Crippen LogP contribution >= 0.6 is 11.3 Å². The van der Waals surface area contributed by atoms with Crippen LogP contribution in [0.2, 0.25) is 0 Å². The number of aryl methyl sites for hydroxylation is 1. The fourth-order valence-electron chi connectivity index (χ4n) is 2.19. The van der Waals surface area contributed by atoms with Gasteiger partial charge in [-0.25, -0.2) is 4.98 Å². The van der Waals surface area contributed by atoms with Crippen molar-refractivity contribution >= 4 is 27.2 Å². The van der Waals surface area contributed by atoms with Crippen molar-refractivity contribution in [3.05, 3.63) is 23.2 Å². The molecule has 0 saturated carbocycles. The lowest BCUT2D eigenvalue weighted by Crippen LogP contribution is -2.18. The molecule has 1 saturated heterocycles.